The fourth-order valence-electron chi connectivity index (χ4n) is 3.98. The summed E-state index contributed by atoms with van der Waals surface area (Å²) in [6.45, 7) is 8.30. The molecule has 4 rings (SSSR count). The van der Waals surface area contributed by atoms with E-state index in [0.29, 0.717) is 5.75 Å². The quantitative estimate of drug-likeness (QED) is 0.371. The highest BCUT2D eigenvalue weighted by atomic mass is 79.9. The predicted octanol–water partition coefficient (Wildman–Crippen LogP) is 7.46. The Bertz CT molecular complexity index is 1160. The van der Waals surface area contributed by atoms with Gasteiger partial charge in [0.2, 0.25) is 0 Å². The van der Waals surface area contributed by atoms with E-state index in [9.17, 15) is 5.11 Å². The molecule has 0 aliphatic rings. The van der Waals surface area contributed by atoms with Gasteiger partial charge in [-0.25, -0.2) is 0 Å². The highest BCUT2D eigenvalue weighted by molar-refractivity contribution is 9.10. The van der Waals surface area contributed by atoms with Crippen molar-refractivity contribution in [3.63, 3.8) is 0 Å². The minimum Gasteiger partial charge on any atom is -0.507 e. The summed E-state index contributed by atoms with van der Waals surface area (Å²) in [6.07, 6.45) is 1.60. The Morgan fingerprint density at radius 2 is 1.56 bits per heavy atom. The van der Waals surface area contributed by atoms with Gasteiger partial charge in [0, 0.05) is 16.3 Å². The number of aromatic hydroxyl groups is 1. The molecule has 1 aromatic heterocycles. The average molecular weight is 423 g/mol. The fourth-order valence-corrected chi connectivity index (χ4v) is 4.60. The van der Waals surface area contributed by atoms with Crippen LogP contribution in [0.2, 0.25) is 0 Å². The molecule has 0 saturated heterocycles. The Morgan fingerprint density at radius 3 is 2.15 bits per heavy atom. The minimum absolute atomic E-state index is 0.432. The fraction of sp³-hybridized carbons (Fsp3) is 0.250. The van der Waals surface area contributed by atoms with Crippen molar-refractivity contribution in [2.75, 3.05) is 0 Å². The van der Waals surface area contributed by atoms with Crippen LogP contribution in [0.3, 0.4) is 0 Å². The molecule has 0 radical (unpaired) electrons. The molecule has 1 heterocycles. The van der Waals surface area contributed by atoms with Crippen LogP contribution in [-0.4, -0.2) is 5.11 Å². The van der Waals surface area contributed by atoms with Crippen molar-refractivity contribution in [2.24, 2.45) is 0 Å². The Morgan fingerprint density at radius 1 is 0.963 bits per heavy atom. The van der Waals surface area contributed by atoms with E-state index in [2.05, 4.69) is 73.1 Å². The van der Waals surface area contributed by atoms with Crippen LogP contribution in [0, 0.1) is 13.8 Å². The van der Waals surface area contributed by atoms with Crippen molar-refractivity contribution < 1.29 is 9.52 Å². The number of aryl methyl sites for hydroxylation is 4. The molecule has 2 nitrogen and oxygen atoms in total. The van der Waals surface area contributed by atoms with E-state index in [1.165, 1.54) is 10.9 Å². The third kappa shape index (κ3) is 2.68. The molecule has 3 heteroatoms. The SMILES string of the molecule is CCc1cc(-c2c3ccccc3c(Br)c3oc(C)c(C)c23)cc(CC)c1O. The van der Waals surface area contributed by atoms with Crippen molar-refractivity contribution in [1.29, 1.82) is 0 Å². The molecule has 0 aliphatic carbocycles. The van der Waals surface area contributed by atoms with Gasteiger partial charge in [0.15, 0.2) is 0 Å². The molecule has 1 N–H and O–H groups in total. The molecule has 0 saturated carbocycles. The van der Waals surface area contributed by atoms with Gasteiger partial charge in [-0.2, -0.15) is 0 Å². The second-order valence-corrected chi connectivity index (χ2v) is 7.87. The predicted molar refractivity (Wildman–Crippen MR) is 117 cm³/mol. The lowest BCUT2D eigenvalue weighted by molar-refractivity contribution is 0.462. The summed E-state index contributed by atoms with van der Waals surface area (Å²) in [5.74, 6) is 1.37. The first-order valence-corrected chi connectivity index (χ1v) is 10.2. The van der Waals surface area contributed by atoms with Crippen molar-refractivity contribution in [1.82, 2.24) is 0 Å². The number of benzene rings is 3. The maximum Gasteiger partial charge on any atom is 0.149 e. The summed E-state index contributed by atoms with van der Waals surface area (Å²) in [7, 11) is 0. The monoisotopic (exact) mass is 422 g/mol. The molecular formula is C24H23BrO2. The van der Waals surface area contributed by atoms with Gasteiger partial charge < -0.3 is 9.52 Å². The highest BCUT2D eigenvalue weighted by Crippen LogP contribution is 2.45. The number of phenols is 1. The van der Waals surface area contributed by atoms with Gasteiger partial charge in [-0.05, 0) is 82.4 Å². The lowest BCUT2D eigenvalue weighted by atomic mass is 9.90. The first-order valence-electron chi connectivity index (χ1n) is 9.42. The van der Waals surface area contributed by atoms with E-state index in [-0.39, 0.29) is 0 Å². The van der Waals surface area contributed by atoms with Crippen LogP contribution in [0.5, 0.6) is 5.75 Å². The average Bonchev–Trinajstić information content (AvgIpc) is 2.98. The Balaban J connectivity index is 2.23. The molecule has 27 heavy (non-hydrogen) atoms. The summed E-state index contributed by atoms with van der Waals surface area (Å²) in [6, 6.07) is 12.7. The van der Waals surface area contributed by atoms with Gasteiger partial charge in [0.05, 0.1) is 4.47 Å². The number of hydrogen-bond acceptors (Lipinski definition) is 2. The zero-order chi connectivity index (χ0) is 19.3. The number of halogens is 1. The van der Waals surface area contributed by atoms with Gasteiger partial charge in [0.1, 0.15) is 17.1 Å². The lowest BCUT2D eigenvalue weighted by Gasteiger charge is -2.15. The van der Waals surface area contributed by atoms with Crippen LogP contribution in [0.15, 0.2) is 45.3 Å². The zero-order valence-corrected chi connectivity index (χ0v) is 17.7. The van der Waals surface area contributed by atoms with E-state index >= 15 is 0 Å². The zero-order valence-electron chi connectivity index (χ0n) is 16.1. The van der Waals surface area contributed by atoms with E-state index in [4.69, 9.17) is 4.42 Å². The van der Waals surface area contributed by atoms with Crippen LogP contribution in [0.4, 0.5) is 0 Å². The smallest absolute Gasteiger partial charge is 0.149 e. The molecule has 0 spiro atoms. The van der Waals surface area contributed by atoms with E-state index in [1.807, 2.05) is 6.92 Å². The normalized spacial score (nSPS) is 11.6. The van der Waals surface area contributed by atoms with Gasteiger partial charge in [-0.3, -0.25) is 0 Å². The first kappa shape index (κ1) is 18.1. The summed E-state index contributed by atoms with van der Waals surface area (Å²) < 4.78 is 7.14. The van der Waals surface area contributed by atoms with Crippen LogP contribution in [-0.2, 0) is 12.8 Å². The highest BCUT2D eigenvalue weighted by Gasteiger charge is 2.21. The van der Waals surface area contributed by atoms with Crippen molar-refractivity contribution in [3.05, 3.63) is 63.3 Å². The number of hydrogen-bond donors (Lipinski definition) is 1. The first-order chi connectivity index (χ1) is 13.0. The van der Waals surface area contributed by atoms with Crippen LogP contribution in [0.1, 0.15) is 36.3 Å². The second kappa shape index (κ2) is 6.72. The summed E-state index contributed by atoms with van der Waals surface area (Å²) in [5.41, 5.74) is 6.35. The molecule has 0 fully saturated rings. The Hall–Kier alpha value is -2.26. The Labute approximate surface area is 167 Å². The van der Waals surface area contributed by atoms with E-state index in [0.717, 1.165) is 61.7 Å². The largest absolute Gasteiger partial charge is 0.507 e. The minimum atomic E-state index is 0.432. The van der Waals surface area contributed by atoms with Gasteiger partial charge >= 0.3 is 0 Å². The molecule has 0 bridgehead atoms. The van der Waals surface area contributed by atoms with Crippen molar-refractivity contribution in [2.45, 2.75) is 40.5 Å². The lowest BCUT2D eigenvalue weighted by Crippen LogP contribution is -1.93. The van der Waals surface area contributed by atoms with Crippen LogP contribution < -0.4 is 0 Å². The van der Waals surface area contributed by atoms with E-state index < -0.39 is 0 Å². The molecule has 0 unspecified atom stereocenters. The summed E-state index contributed by atoms with van der Waals surface area (Å²) >= 11 is 3.77. The molecule has 4 aromatic rings. The van der Waals surface area contributed by atoms with Crippen molar-refractivity contribution in [3.8, 4) is 16.9 Å². The number of furan rings is 1. The van der Waals surface area contributed by atoms with Gasteiger partial charge in [0.25, 0.3) is 0 Å². The van der Waals surface area contributed by atoms with Gasteiger partial charge in [-0.15, -0.1) is 0 Å². The Kier molecular flexibility index (Phi) is 4.51. The molecule has 0 atom stereocenters. The summed E-state index contributed by atoms with van der Waals surface area (Å²) in [4.78, 5) is 0. The summed E-state index contributed by atoms with van der Waals surface area (Å²) in [5, 5.41) is 14.0. The maximum absolute atomic E-state index is 10.6. The number of rotatable bonds is 3. The third-order valence-electron chi connectivity index (χ3n) is 5.59. The van der Waals surface area contributed by atoms with Crippen LogP contribution in [0.25, 0.3) is 32.9 Å². The molecule has 138 valence electrons. The standard InChI is InChI=1S/C24H23BrO2/c1-5-15-11-17(12-16(6-2)23(15)26)21-18-9-7-8-10-19(18)22(25)24-20(21)13(3)14(4)27-24/h7-12,26H,5-6H2,1-4H3. The van der Waals surface area contributed by atoms with Gasteiger partial charge in [-0.1, -0.05) is 38.1 Å². The van der Waals surface area contributed by atoms with E-state index in [1.54, 1.807) is 0 Å². The second-order valence-electron chi connectivity index (χ2n) is 7.07. The molecule has 3 aromatic carbocycles. The molecule has 0 amide bonds. The topological polar surface area (TPSA) is 33.4 Å². The van der Waals surface area contributed by atoms with Crippen molar-refractivity contribution >= 4 is 37.7 Å². The number of phenolic OH excluding ortho intramolecular Hbond substituents is 1. The third-order valence-corrected chi connectivity index (χ3v) is 6.37. The maximum atomic E-state index is 10.6. The number of fused-ring (bicyclic) bond motifs is 2. The molecule has 0 aliphatic heterocycles. The molecular weight excluding hydrogens is 400 g/mol. The van der Waals surface area contributed by atoms with Crippen LogP contribution >= 0.6 is 15.9 Å².